The number of carbonyl (C=O) groups excluding carboxylic acids is 2. The molecule has 0 fully saturated rings. The van der Waals surface area contributed by atoms with Gasteiger partial charge >= 0.3 is 0 Å². The lowest BCUT2D eigenvalue weighted by Gasteiger charge is -2.18. The summed E-state index contributed by atoms with van der Waals surface area (Å²) in [5.41, 5.74) is 0.929. The molecule has 0 unspecified atom stereocenters. The van der Waals surface area contributed by atoms with E-state index >= 15 is 0 Å². The Kier molecular flexibility index (Phi) is 3.82. The summed E-state index contributed by atoms with van der Waals surface area (Å²) in [7, 11) is 0. The van der Waals surface area contributed by atoms with Crippen LogP contribution in [0.4, 0.5) is 0 Å². The molecule has 0 N–H and O–H groups in total. The fourth-order valence-electron chi connectivity index (χ4n) is 1.83. The van der Waals surface area contributed by atoms with Gasteiger partial charge in [-0.05, 0) is 59.6 Å². The first-order valence-corrected chi connectivity index (χ1v) is 7.97. The molecule has 0 spiro atoms. The molecule has 20 heavy (non-hydrogen) atoms. The molecule has 0 aromatic heterocycles. The average molecular weight is 341 g/mol. The number of carbonyl (C=O) groups is 2. The monoisotopic (exact) mass is 340 g/mol. The Morgan fingerprint density at radius 1 is 0.700 bits per heavy atom. The Bertz CT molecular complexity index is 682. The van der Waals surface area contributed by atoms with Gasteiger partial charge in [0.15, 0.2) is 0 Å². The quantitative estimate of drug-likeness (QED) is 0.610. The molecule has 0 amide bonds. The number of halogens is 2. The van der Waals surface area contributed by atoms with Gasteiger partial charge in [0.2, 0.25) is 0 Å². The number of hydrogen-bond acceptors (Lipinski definition) is 4. The number of rotatable bonds is 2. The summed E-state index contributed by atoms with van der Waals surface area (Å²) in [4.78, 5) is 26.4. The summed E-state index contributed by atoms with van der Waals surface area (Å²) in [6.45, 7) is 0. The lowest BCUT2D eigenvalue weighted by molar-refractivity contribution is 0.107. The van der Waals surface area contributed by atoms with Gasteiger partial charge in [-0.2, -0.15) is 0 Å². The Morgan fingerprint density at radius 2 is 1.10 bits per heavy atom. The van der Waals surface area contributed by atoms with Crippen molar-refractivity contribution in [3.63, 3.8) is 0 Å². The van der Waals surface area contributed by atoms with Crippen molar-refractivity contribution in [2.45, 2.75) is 19.6 Å². The van der Waals surface area contributed by atoms with E-state index in [0.29, 0.717) is 11.1 Å². The van der Waals surface area contributed by atoms with Crippen molar-refractivity contribution in [3.8, 4) is 0 Å². The smallest absolute Gasteiger partial charge is 0.252 e. The van der Waals surface area contributed by atoms with Gasteiger partial charge in [-0.25, -0.2) is 0 Å². The van der Waals surface area contributed by atoms with Gasteiger partial charge in [-0.3, -0.25) is 9.59 Å². The third kappa shape index (κ3) is 2.61. The van der Waals surface area contributed by atoms with Crippen LogP contribution in [-0.4, -0.2) is 10.5 Å². The van der Waals surface area contributed by atoms with Gasteiger partial charge in [0.25, 0.3) is 10.5 Å². The summed E-state index contributed by atoms with van der Waals surface area (Å²) < 4.78 is 0. The Labute approximate surface area is 133 Å². The molecule has 2 aromatic rings. The number of fused-ring (bicyclic) bond motifs is 2. The highest BCUT2D eigenvalue weighted by molar-refractivity contribution is 8.05. The third-order valence-electron chi connectivity index (χ3n) is 2.78. The predicted octanol–water partition coefficient (Wildman–Crippen LogP) is 5.06. The molecule has 0 radical (unpaired) electrons. The molecule has 0 bridgehead atoms. The van der Waals surface area contributed by atoms with Crippen LogP contribution in [0, 0.1) is 0 Å². The van der Waals surface area contributed by atoms with E-state index in [4.69, 9.17) is 23.2 Å². The zero-order valence-corrected chi connectivity index (χ0v) is 13.0. The second-order valence-corrected chi connectivity index (χ2v) is 6.93. The van der Waals surface area contributed by atoms with E-state index < -0.39 is 10.5 Å². The first-order chi connectivity index (χ1) is 9.54. The molecule has 2 aromatic carbocycles. The molecular weight excluding hydrogens is 335 g/mol. The second-order valence-electron chi connectivity index (χ2n) is 4.07. The molecule has 0 saturated carbocycles. The van der Waals surface area contributed by atoms with E-state index in [1.54, 1.807) is 36.0 Å². The maximum absolute atomic E-state index is 11.2. The minimum absolute atomic E-state index is 0.464. The summed E-state index contributed by atoms with van der Waals surface area (Å²) in [6.07, 6.45) is 0. The van der Waals surface area contributed by atoms with Crippen molar-refractivity contribution in [1.82, 2.24) is 0 Å². The Balaban J connectivity index is 2.03. The predicted molar refractivity (Wildman–Crippen MR) is 81.5 cm³/mol. The number of benzene rings is 2. The molecule has 6 heteroatoms. The summed E-state index contributed by atoms with van der Waals surface area (Å²) >= 11 is 14.1. The minimum atomic E-state index is -0.478. The summed E-state index contributed by atoms with van der Waals surface area (Å²) in [5, 5.41) is -0.956. The average Bonchev–Trinajstić information content (AvgIpc) is 2.43. The second kappa shape index (κ2) is 5.45. The highest BCUT2D eigenvalue weighted by Gasteiger charge is 2.19. The van der Waals surface area contributed by atoms with Gasteiger partial charge < -0.3 is 0 Å². The SMILES string of the molecule is O=C(Cl)c1ccc2c(c1)Sc1cc(C(=O)Cl)ccc1S2. The van der Waals surface area contributed by atoms with Gasteiger partial charge in [0, 0.05) is 30.7 Å². The van der Waals surface area contributed by atoms with Crippen molar-refractivity contribution in [2.75, 3.05) is 0 Å². The van der Waals surface area contributed by atoms with Crippen molar-refractivity contribution in [2.24, 2.45) is 0 Å². The zero-order valence-electron chi connectivity index (χ0n) is 9.85. The van der Waals surface area contributed by atoms with Crippen LogP contribution in [-0.2, 0) is 0 Å². The van der Waals surface area contributed by atoms with E-state index in [9.17, 15) is 9.59 Å². The van der Waals surface area contributed by atoms with Gasteiger partial charge in [0.1, 0.15) is 0 Å². The number of hydrogen-bond donors (Lipinski definition) is 0. The molecule has 3 rings (SSSR count). The molecule has 2 nitrogen and oxygen atoms in total. The topological polar surface area (TPSA) is 34.1 Å². The molecule has 1 aliphatic rings. The molecule has 0 saturated heterocycles. The normalized spacial score (nSPS) is 12.5. The van der Waals surface area contributed by atoms with Crippen molar-refractivity contribution >= 4 is 57.2 Å². The van der Waals surface area contributed by atoms with Crippen LogP contribution in [0.15, 0.2) is 56.0 Å². The van der Waals surface area contributed by atoms with Crippen LogP contribution in [0.2, 0.25) is 0 Å². The van der Waals surface area contributed by atoms with E-state index in [0.717, 1.165) is 19.6 Å². The third-order valence-corrected chi connectivity index (χ3v) is 5.74. The zero-order chi connectivity index (χ0) is 14.3. The molecule has 0 atom stereocenters. The fourth-order valence-corrected chi connectivity index (χ4v) is 4.33. The van der Waals surface area contributed by atoms with E-state index in [2.05, 4.69) is 0 Å². The fraction of sp³-hybridized carbons (Fsp3) is 0. The molecule has 1 heterocycles. The maximum Gasteiger partial charge on any atom is 0.252 e. The molecular formula is C14H6Cl2O2S2. The van der Waals surface area contributed by atoms with Crippen LogP contribution in [0.25, 0.3) is 0 Å². The summed E-state index contributed by atoms with van der Waals surface area (Å²) in [6, 6.07) is 10.7. The van der Waals surface area contributed by atoms with E-state index in [1.807, 2.05) is 12.1 Å². The van der Waals surface area contributed by atoms with Crippen LogP contribution in [0.3, 0.4) is 0 Å². The summed E-state index contributed by atoms with van der Waals surface area (Å²) in [5.74, 6) is 0. The highest BCUT2D eigenvalue weighted by Crippen LogP contribution is 2.48. The standard InChI is InChI=1S/C14H6Cl2O2S2/c15-13(17)7-1-3-9-11(5-7)20-12-6-8(14(16)18)2-4-10(12)19-9/h1-6H. The first kappa shape index (κ1) is 14.0. The van der Waals surface area contributed by atoms with Crippen molar-refractivity contribution < 1.29 is 9.59 Å². The maximum atomic E-state index is 11.2. The Hall–Kier alpha value is -0.940. The van der Waals surface area contributed by atoms with Gasteiger partial charge in [-0.1, -0.05) is 23.5 Å². The molecule has 0 aliphatic carbocycles. The van der Waals surface area contributed by atoms with Gasteiger partial charge in [0.05, 0.1) is 0 Å². The van der Waals surface area contributed by atoms with Crippen LogP contribution in [0.1, 0.15) is 20.7 Å². The van der Waals surface area contributed by atoms with Crippen LogP contribution in [0.5, 0.6) is 0 Å². The largest absolute Gasteiger partial charge is 0.276 e. The molecule has 1 aliphatic heterocycles. The van der Waals surface area contributed by atoms with Crippen LogP contribution < -0.4 is 0 Å². The van der Waals surface area contributed by atoms with Crippen LogP contribution >= 0.6 is 46.7 Å². The lowest BCUT2D eigenvalue weighted by Crippen LogP contribution is -1.96. The van der Waals surface area contributed by atoms with E-state index in [1.165, 1.54) is 11.8 Å². The van der Waals surface area contributed by atoms with Crippen molar-refractivity contribution in [1.29, 1.82) is 0 Å². The Morgan fingerprint density at radius 3 is 1.50 bits per heavy atom. The first-order valence-electron chi connectivity index (χ1n) is 5.58. The highest BCUT2D eigenvalue weighted by atomic mass is 35.5. The molecule has 100 valence electrons. The van der Waals surface area contributed by atoms with E-state index in [-0.39, 0.29) is 0 Å². The lowest BCUT2D eigenvalue weighted by atomic mass is 10.2. The minimum Gasteiger partial charge on any atom is -0.276 e. The van der Waals surface area contributed by atoms with Crippen molar-refractivity contribution in [3.05, 3.63) is 47.5 Å². The van der Waals surface area contributed by atoms with Gasteiger partial charge in [-0.15, -0.1) is 0 Å².